The number of benzene rings is 1. The first-order valence-corrected chi connectivity index (χ1v) is 14.5. The summed E-state index contributed by atoms with van der Waals surface area (Å²) in [6.07, 6.45) is 1.76. The molecule has 1 aromatic heterocycles. The Morgan fingerprint density at radius 2 is 1.64 bits per heavy atom. The third-order valence-electron chi connectivity index (χ3n) is 5.95. The molecule has 10 nitrogen and oxygen atoms in total. The Bertz CT molecular complexity index is 1300. The van der Waals surface area contributed by atoms with Gasteiger partial charge in [0.1, 0.15) is 17.7 Å². The van der Waals surface area contributed by atoms with Gasteiger partial charge in [-0.2, -0.15) is 4.72 Å². The van der Waals surface area contributed by atoms with E-state index >= 15 is 0 Å². The minimum absolute atomic E-state index is 0.0850. The Labute approximate surface area is 231 Å². The summed E-state index contributed by atoms with van der Waals surface area (Å²) in [5.41, 5.74) is -0.984. The lowest BCUT2D eigenvalue weighted by molar-refractivity contribution is -0.160. The lowest BCUT2D eigenvalue weighted by atomic mass is 9.84. The van der Waals surface area contributed by atoms with Crippen LogP contribution in [0.1, 0.15) is 61.8 Å². The SMILES string of the molecule is CNC(=O)[C@@H](NC(=O)[C@H](CC(C)C)[C@H](NS(=O)(=O)c1ccc2ncccc2c1)C(=O)OC(C)(C)C)C(C)(C)C. The molecule has 2 aromatic rings. The molecule has 0 saturated carbocycles. The van der Waals surface area contributed by atoms with Crippen LogP contribution in [0.25, 0.3) is 10.9 Å². The Balaban J connectivity index is 2.56. The van der Waals surface area contributed by atoms with Gasteiger partial charge < -0.3 is 15.4 Å². The molecule has 0 spiro atoms. The highest BCUT2D eigenvalue weighted by Gasteiger charge is 2.42. The monoisotopic (exact) mass is 562 g/mol. The number of carbonyl (C=O) groups excluding carboxylic acids is 3. The third kappa shape index (κ3) is 8.99. The number of likely N-dealkylation sites (N-methyl/N-ethyl adjacent to an activating group) is 1. The van der Waals surface area contributed by atoms with Crippen molar-refractivity contribution in [2.45, 2.75) is 84.4 Å². The van der Waals surface area contributed by atoms with Crippen LogP contribution in [0.3, 0.4) is 0 Å². The van der Waals surface area contributed by atoms with Gasteiger partial charge in [0.25, 0.3) is 0 Å². The molecule has 0 unspecified atom stereocenters. The van der Waals surface area contributed by atoms with Crippen molar-refractivity contribution in [3.8, 4) is 0 Å². The molecule has 39 heavy (non-hydrogen) atoms. The molecule has 3 N–H and O–H groups in total. The van der Waals surface area contributed by atoms with Crippen LogP contribution in [0.2, 0.25) is 0 Å². The van der Waals surface area contributed by atoms with E-state index in [1.54, 1.807) is 65.9 Å². The van der Waals surface area contributed by atoms with E-state index in [4.69, 9.17) is 4.74 Å². The second-order valence-corrected chi connectivity index (χ2v) is 13.9. The quantitative estimate of drug-likeness (QED) is 0.377. The maximum Gasteiger partial charge on any atom is 0.325 e. The Morgan fingerprint density at radius 3 is 2.18 bits per heavy atom. The molecule has 0 aliphatic carbocycles. The Kier molecular flexibility index (Phi) is 10.2. The molecule has 11 heteroatoms. The predicted molar refractivity (Wildman–Crippen MR) is 150 cm³/mol. The molecule has 2 amide bonds. The lowest BCUT2D eigenvalue weighted by Gasteiger charge is -2.34. The first-order chi connectivity index (χ1) is 17.9. The minimum atomic E-state index is -4.28. The van der Waals surface area contributed by atoms with E-state index < -0.39 is 56.8 Å². The summed E-state index contributed by atoms with van der Waals surface area (Å²) in [5.74, 6) is -3.17. The van der Waals surface area contributed by atoms with Gasteiger partial charge in [0.15, 0.2) is 0 Å². The zero-order valence-corrected chi connectivity index (χ0v) is 25.1. The number of hydrogen-bond donors (Lipinski definition) is 3. The molecule has 0 fully saturated rings. The van der Waals surface area contributed by atoms with Crippen molar-refractivity contribution < 1.29 is 27.5 Å². The van der Waals surface area contributed by atoms with Gasteiger partial charge >= 0.3 is 5.97 Å². The number of nitrogens with one attached hydrogen (secondary N) is 3. The highest BCUT2D eigenvalue weighted by atomic mass is 32.2. The second kappa shape index (κ2) is 12.4. The van der Waals surface area contributed by atoms with Gasteiger partial charge in [-0.1, -0.05) is 40.7 Å². The van der Waals surface area contributed by atoms with Crippen LogP contribution in [0, 0.1) is 17.3 Å². The fourth-order valence-corrected chi connectivity index (χ4v) is 5.35. The second-order valence-electron chi connectivity index (χ2n) is 12.1. The number of nitrogens with zero attached hydrogens (tertiary/aromatic N) is 1. The predicted octanol–water partition coefficient (Wildman–Crippen LogP) is 3.16. The van der Waals surface area contributed by atoms with Crippen molar-refractivity contribution in [1.29, 1.82) is 0 Å². The summed E-state index contributed by atoms with van der Waals surface area (Å²) in [6.45, 7) is 14.1. The average molecular weight is 563 g/mol. The number of carbonyl (C=O) groups is 3. The van der Waals surface area contributed by atoms with Crippen LogP contribution >= 0.6 is 0 Å². The fraction of sp³-hybridized carbons (Fsp3) is 0.571. The smallest absolute Gasteiger partial charge is 0.325 e. The number of fused-ring (bicyclic) bond motifs is 1. The largest absolute Gasteiger partial charge is 0.459 e. The molecular formula is C28H42N4O6S. The van der Waals surface area contributed by atoms with Crippen molar-refractivity contribution in [1.82, 2.24) is 20.3 Å². The highest BCUT2D eigenvalue weighted by molar-refractivity contribution is 7.89. The van der Waals surface area contributed by atoms with Gasteiger partial charge in [0.2, 0.25) is 21.8 Å². The van der Waals surface area contributed by atoms with Gasteiger partial charge in [-0.3, -0.25) is 19.4 Å². The van der Waals surface area contributed by atoms with Crippen LogP contribution in [-0.4, -0.2) is 55.9 Å². The summed E-state index contributed by atoms with van der Waals surface area (Å²) in [4.78, 5) is 43.9. The van der Waals surface area contributed by atoms with Gasteiger partial charge in [-0.05, 0) is 62.8 Å². The normalized spacial score (nSPS) is 14.9. The molecule has 2 rings (SSSR count). The van der Waals surface area contributed by atoms with Crippen LogP contribution in [-0.2, 0) is 29.1 Å². The molecule has 0 saturated heterocycles. The summed E-state index contributed by atoms with van der Waals surface area (Å²) in [6, 6.07) is 5.37. The summed E-state index contributed by atoms with van der Waals surface area (Å²) in [5, 5.41) is 5.91. The topological polar surface area (TPSA) is 144 Å². The average Bonchev–Trinajstić information content (AvgIpc) is 2.81. The number of rotatable bonds is 10. The van der Waals surface area contributed by atoms with E-state index in [0.717, 1.165) is 0 Å². The number of sulfonamides is 1. The number of hydrogen-bond acceptors (Lipinski definition) is 7. The van der Waals surface area contributed by atoms with Gasteiger partial charge in [0, 0.05) is 18.6 Å². The van der Waals surface area contributed by atoms with E-state index in [9.17, 15) is 22.8 Å². The molecule has 0 aliphatic heterocycles. The van der Waals surface area contributed by atoms with E-state index in [1.165, 1.54) is 19.2 Å². The summed E-state index contributed by atoms with van der Waals surface area (Å²) in [7, 11) is -2.81. The first-order valence-electron chi connectivity index (χ1n) is 13.0. The Morgan fingerprint density at radius 1 is 1.00 bits per heavy atom. The van der Waals surface area contributed by atoms with E-state index in [-0.39, 0.29) is 17.2 Å². The van der Waals surface area contributed by atoms with Crippen molar-refractivity contribution in [3.05, 3.63) is 36.5 Å². The molecular weight excluding hydrogens is 520 g/mol. The summed E-state index contributed by atoms with van der Waals surface area (Å²) < 4.78 is 35.2. The van der Waals surface area contributed by atoms with Crippen molar-refractivity contribution in [2.24, 2.45) is 17.3 Å². The third-order valence-corrected chi connectivity index (χ3v) is 7.39. The van der Waals surface area contributed by atoms with Gasteiger partial charge in [-0.25, -0.2) is 8.42 Å². The first kappa shape index (κ1) is 32.2. The minimum Gasteiger partial charge on any atom is -0.459 e. The van der Waals surface area contributed by atoms with E-state index in [1.807, 2.05) is 13.8 Å². The molecule has 0 bridgehead atoms. The van der Waals surface area contributed by atoms with E-state index in [2.05, 4.69) is 20.3 Å². The molecule has 0 radical (unpaired) electrons. The zero-order chi connectivity index (χ0) is 29.8. The maximum atomic E-state index is 13.7. The maximum absolute atomic E-state index is 13.7. The number of pyridine rings is 1. The summed E-state index contributed by atoms with van der Waals surface area (Å²) >= 11 is 0. The van der Waals surface area contributed by atoms with Crippen molar-refractivity contribution >= 4 is 38.7 Å². The van der Waals surface area contributed by atoms with Crippen LogP contribution < -0.4 is 15.4 Å². The van der Waals surface area contributed by atoms with Crippen LogP contribution in [0.5, 0.6) is 0 Å². The molecule has 1 aromatic carbocycles. The van der Waals surface area contributed by atoms with Gasteiger partial charge in [-0.15, -0.1) is 0 Å². The van der Waals surface area contributed by atoms with Crippen LogP contribution in [0.4, 0.5) is 0 Å². The molecule has 0 aliphatic rings. The highest BCUT2D eigenvalue weighted by Crippen LogP contribution is 2.25. The molecule has 3 atom stereocenters. The standard InChI is InChI=1S/C28H42N4O6S/c1-17(2)15-20(24(33)31-23(25(34)29-9)27(3,4)5)22(26(35)38-28(6,7)8)32-39(36,37)19-12-13-21-18(16-19)11-10-14-30-21/h10-14,16-17,20,22-23,32H,15H2,1-9H3,(H,29,34)(H,31,33)/t20-,22+,23-/m1/s1. The van der Waals surface area contributed by atoms with Crippen molar-refractivity contribution in [3.63, 3.8) is 0 Å². The number of ether oxygens (including phenoxy) is 1. The Hall–Kier alpha value is -3.05. The fourth-order valence-electron chi connectivity index (χ4n) is 4.09. The molecule has 216 valence electrons. The number of aromatic nitrogens is 1. The lowest BCUT2D eigenvalue weighted by Crippen LogP contribution is -2.58. The van der Waals surface area contributed by atoms with Crippen LogP contribution in [0.15, 0.2) is 41.4 Å². The van der Waals surface area contributed by atoms with E-state index in [0.29, 0.717) is 10.9 Å². The number of esters is 1. The number of amides is 2. The van der Waals surface area contributed by atoms with Crippen molar-refractivity contribution in [2.75, 3.05) is 7.05 Å². The molecule has 1 heterocycles. The van der Waals surface area contributed by atoms with Gasteiger partial charge in [0.05, 0.1) is 16.3 Å². The zero-order valence-electron chi connectivity index (χ0n) is 24.3.